The molecule has 0 spiro atoms. The van der Waals surface area contributed by atoms with E-state index in [1.807, 2.05) is 23.9 Å². The molecule has 0 amide bonds. The van der Waals surface area contributed by atoms with Crippen LogP contribution < -0.4 is 0 Å². The maximum atomic E-state index is 10.6. The smallest absolute Gasteiger partial charge is 0.258 e. The maximum absolute atomic E-state index is 10.6. The molecule has 0 saturated carbocycles. The third-order valence-electron chi connectivity index (χ3n) is 3.20. The van der Waals surface area contributed by atoms with E-state index in [2.05, 4.69) is 24.3 Å². The molecule has 3 rings (SSSR count). The molecule has 0 fully saturated rings. The fourth-order valence-corrected chi connectivity index (χ4v) is 4.58. The molecule has 1 unspecified atom stereocenters. The third kappa shape index (κ3) is 2.99. The second kappa shape index (κ2) is 5.89. The van der Waals surface area contributed by atoms with Crippen LogP contribution in [0.1, 0.15) is 5.56 Å². The molecule has 1 atom stereocenters. The van der Waals surface area contributed by atoms with Crippen molar-refractivity contribution in [3.63, 3.8) is 0 Å². The molecule has 1 heterocycles. The highest BCUT2D eigenvalue weighted by molar-refractivity contribution is 8.03. The van der Waals surface area contributed by atoms with Crippen molar-refractivity contribution in [2.75, 3.05) is 5.75 Å². The van der Waals surface area contributed by atoms with E-state index in [0.717, 1.165) is 17.1 Å². The Morgan fingerprint density at radius 3 is 2.65 bits per heavy atom. The fraction of sp³-hybridized carbons (Fsp3) is 0.200. The van der Waals surface area contributed by atoms with E-state index in [1.54, 1.807) is 23.9 Å². The highest BCUT2D eigenvalue weighted by Crippen LogP contribution is 2.39. The second-order valence-electron chi connectivity index (χ2n) is 4.61. The first-order valence-corrected chi connectivity index (χ1v) is 8.21. The minimum atomic E-state index is -0.363. The number of nitrogens with zero attached hydrogens (tertiary/aromatic N) is 1. The van der Waals surface area contributed by atoms with Gasteiger partial charge in [0.05, 0.1) is 4.92 Å². The van der Waals surface area contributed by atoms with Gasteiger partial charge in [-0.3, -0.25) is 10.1 Å². The summed E-state index contributed by atoms with van der Waals surface area (Å²) >= 11 is 3.70. The van der Waals surface area contributed by atoms with Crippen LogP contribution in [0.4, 0.5) is 5.69 Å². The molecular weight excluding hydrogens is 290 g/mol. The highest BCUT2D eigenvalue weighted by atomic mass is 32.2. The number of non-ortho nitro benzene ring substituents is 1. The summed E-state index contributed by atoms with van der Waals surface area (Å²) in [5.41, 5.74) is 1.59. The molecule has 0 bridgehead atoms. The van der Waals surface area contributed by atoms with E-state index in [0.29, 0.717) is 5.25 Å². The molecule has 1 aliphatic heterocycles. The number of rotatable bonds is 4. The predicted octanol–water partition coefficient (Wildman–Crippen LogP) is 4.40. The van der Waals surface area contributed by atoms with Crippen molar-refractivity contribution in [3.8, 4) is 0 Å². The summed E-state index contributed by atoms with van der Waals surface area (Å²) in [6, 6.07) is 15.3. The van der Waals surface area contributed by atoms with Crippen LogP contribution in [0.3, 0.4) is 0 Å². The molecule has 0 saturated heterocycles. The standard InChI is InChI=1S/C15H13NO2S2/c17-16(18)12-5-7-13(8-6-12)19-10-14-9-11-3-1-2-4-15(11)20-14/h1-8,14H,9-10H2. The number of hydrogen-bond acceptors (Lipinski definition) is 4. The van der Waals surface area contributed by atoms with Crippen LogP contribution in [0.5, 0.6) is 0 Å². The van der Waals surface area contributed by atoms with E-state index in [9.17, 15) is 10.1 Å². The van der Waals surface area contributed by atoms with Crippen molar-refractivity contribution in [2.24, 2.45) is 0 Å². The lowest BCUT2D eigenvalue weighted by Gasteiger charge is -2.07. The third-order valence-corrected chi connectivity index (χ3v) is 5.90. The van der Waals surface area contributed by atoms with Gasteiger partial charge in [-0.15, -0.1) is 23.5 Å². The summed E-state index contributed by atoms with van der Waals surface area (Å²) in [5, 5.41) is 11.2. The molecule has 0 radical (unpaired) electrons. The second-order valence-corrected chi connectivity index (χ2v) is 7.05. The molecular formula is C15H13NO2S2. The Morgan fingerprint density at radius 1 is 1.20 bits per heavy atom. The van der Waals surface area contributed by atoms with Crippen LogP contribution >= 0.6 is 23.5 Å². The first-order valence-electron chi connectivity index (χ1n) is 6.34. The summed E-state index contributed by atoms with van der Waals surface area (Å²) in [7, 11) is 0. The van der Waals surface area contributed by atoms with Crippen molar-refractivity contribution in [2.45, 2.75) is 21.5 Å². The zero-order valence-electron chi connectivity index (χ0n) is 10.7. The monoisotopic (exact) mass is 303 g/mol. The van der Waals surface area contributed by atoms with E-state index >= 15 is 0 Å². The average Bonchev–Trinajstić information content (AvgIpc) is 2.88. The molecule has 102 valence electrons. The van der Waals surface area contributed by atoms with Crippen molar-refractivity contribution >= 4 is 29.2 Å². The van der Waals surface area contributed by atoms with Crippen molar-refractivity contribution in [1.29, 1.82) is 0 Å². The van der Waals surface area contributed by atoms with Gasteiger partial charge in [-0.25, -0.2) is 0 Å². The predicted molar refractivity (Wildman–Crippen MR) is 83.6 cm³/mol. The Kier molecular flexibility index (Phi) is 3.98. The Bertz CT molecular complexity index is 603. The zero-order valence-corrected chi connectivity index (χ0v) is 12.3. The van der Waals surface area contributed by atoms with Gasteiger partial charge in [0.1, 0.15) is 0 Å². The topological polar surface area (TPSA) is 43.1 Å². The normalized spacial score (nSPS) is 16.9. The van der Waals surface area contributed by atoms with Gasteiger partial charge in [-0.05, 0) is 30.2 Å². The van der Waals surface area contributed by atoms with E-state index in [4.69, 9.17) is 0 Å². The molecule has 5 heteroatoms. The number of benzene rings is 2. The van der Waals surface area contributed by atoms with E-state index in [-0.39, 0.29) is 10.6 Å². The number of hydrogen-bond donors (Lipinski definition) is 0. The summed E-state index contributed by atoms with van der Waals surface area (Å²) < 4.78 is 0. The Labute approximate surface area is 125 Å². The van der Waals surface area contributed by atoms with Crippen LogP contribution in [0, 0.1) is 10.1 Å². The SMILES string of the molecule is O=[N+]([O-])c1ccc(SCC2Cc3ccccc3S2)cc1. The van der Waals surface area contributed by atoms with Gasteiger partial charge in [-0.1, -0.05) is 18.2 Å². The quantitative estimate of drug-likeness (QED) is 0.477. The van der Waals surface area contributed by atoms with Crippen LogP contribution in [0.15, 0.2) is 58.3 Å². The van der Waals surface area contributed by atoms with Crippen LogP contribution in [-0.2, 0) is 6.42 Å². The van der Waals surface area contributed by atoms with Crippen molar-refractivity contribution < 1.29 is 4.92 Å². The van der Waals surface area contributed by atoms with Gasteiger partial charge < -0.3 is 0 Å². The van der Waals surface area contributed by atoms with Gasteiger partial charge in [0.15, 0.2) is 0 Å². The molecule has 0 N–H and O–H groups in total. The number of nitro benzene ring substituents is 1. The van der Waals surface area contributed by atoms with Gasteiger partial charge >= 0.3 is 0 Å². The summed E-state index contributed by atoms with van der Waals surface area (Å²) in [4.78, 5) is 12.7. The van der Waals surface area contributed by atoms with Crippen LogP contribution in [0.25, 0.3) is 0 Å². The fourth-order valence-electron chi connectivity index (χ4n) is 2.20. The summed E-state index contributed by atoms with van der Waals surface area (Å²) in [6.45, 7) is 0. The van der Waals surface area contributed by atoms with Crippen molar-refractivity contribution in [3.05, 3.63) is 64.2 Å². The molecule has 2 aromatic carbocycles. The van der Waals surface area contributed by atoms with E-state index in [1.165, 1.54) is 10.5 Å². The first kappa shape index (κ1) is 13.5. The van der Waals surface area contributed by atoms with Gasteiger partial charge in [0.2, 0.25) is 0 Å². The average molecular weight is 303 g/mol. The molecule has 20 heavy (non-hydrogen) atoms. The van der Waals surface area contributed by atoms with Gasteiger partial charge in [0, 0.05) is 32.9 Å². The van der Waals surface area contributed by atoms with Crippen LogP contribution in [-0.4, -0.2) is 15.9 Å². The zero-order chi connectivity index (χ0) is 13.9. The lowest BCUT2D eigenvalue weighted by atomic mass is 10.1. The van der Waals surface area contributed by atoms with Crippen molar-refractivity contribution in [1.82, 2.24) is 0 Å². The molecule has 3 nitrogen and oxygen atoms in total. The van der Waals surface area contributed by atoms with Crippen LogP contribution in [0.2, 0.25) is 0 Å². The number of fused-ring (bicyclic) bond motifs is 1. The molecule has 0 aliphatic carbocycles. The molecule has 1 aliphatic rings. The largest absolute Gasteiger partial charge is 0.269 e. The summed E-state index contributed by atoms with van der Waals surface area (Å²) in [5.74, 6) is 1.02. The number of thioether (sulfide) groups is 2. The Morgan fingerprint density at radius 2 is 1.95 bits per heavy atom. The molecule has 0 aromatic heterocycles. The minimum Gasteiger partial charge on any atom is -0.258 e. The lowest BCUT2D eigenvalue weighted by Crippen LogP contribution is -2.03. The number of nitro groups is 1. The minimum absolute atomic E-state index is 0.150. The maximum Gasteiger partial charge on any atom is 0.269 e. The van der Waals surface area contributed by atoms with Gasteiger partial charge in [-0.2, -0.15) is 0 Å². The van der Waals surface area contributed by atoms with Gasteiger partial charge in [0.25, 0.3) is 5.69 Å². The molecule has 2 aromatic rings. The Balaban J connectivity index is 1.57. The highest BCUT2D eigenvalue weighted by Gasteiger charge is 2.21. The summed E-state index contributed by atoms with van der Waals surface area (Å²) in [6.07, 6.45) is 1.11. The first-order chi connectivity index (χ1) is 9.72. The van der Waals surface area contributed by atoms with E-state index < -0.39 is 0 Å². The Hall–Kier alpha value is -1.46. The lowest BCUT2D eigenvalue weighted by molar-refractivity contribution is -0.384.